The Morgan fingerprint density at radius 2 is 1.78 bits per heavy atom. The van der Waals surface area contributed by atoms with Gasteiger partial charge in [0.1, 0.15) is 11.6 Å². The van der Waals surface area contributed by atoms with Gasteiger partial charge in [-0.2, -0.15) is 5.10 Å². The third-order valence-corrected chi connectivity index (χ3v) is 2.82. The summed E-state index contributed by atoms with van der Waals surface area (Å²) in [7, 11) is 1.55. The largest absolute Gasteiger partial charge is 0.497 e. The van der Waals surface area contributed by atoms with Gasteiger partial charge in [-0.25, -0.2) is 9.82 Å². The van der Waals surface area contributed by atoms with Crippen LogP contribution in [0.2, 0.25) is 0 Å². The van der Waals surface area contributed by atoms with Crippen LogP contribution in [0.3, 0.4) is 0 Å². The van der Waals surface area contributed by atoms with Crippen molar-refractivity contribution in [3.05, 3.63) is 59.9 Å². The number of hydrogen-bond donors (Lipinski definition) is 2. The fourth-order valence-electron chi connectivity index (χ4n) is 1.65. The molecule has 0 unspecified atom stereocenters. The van der Waals surface area contributed by atoms with E-state index in [-0.39, 0.29) is 5.69 Å². The van der Waals surface area contributed by atoms with Crippen molar-refractivity contribution in [2.75, 3.05) is 12.4 Å². The molecule has 0 aliphatic carbocycles. The molecule has 0 aliphatic rings. The number of amides is 2. The molecular weight excluding hydrogens is 301 g/mol. The Hall–Kier alpha value is -3.22. The van der Waals surface area contributed by atoms with E-state index >= 15 is 0 Å². The monoisotopic (exact) mass is 315 g/mol. The number of carbonyl (C=O) groups excluding carboxylic acids is 2. The molecule has 0 bridgehead atoms. The van der Waals surface area contributed by atoms with Crippen molar-refractivity contribution in [3.63, 3.8) is 0 Å². The molecule has 0 aliphatic heterocycles. The van der Waals surface area contributed by atoms with E-state index in [1.165, 1.54) is 24.4 Å². The number of hydrazone groups is 1. The first-order chi connectivity index (χ1) is 11.1. The first-order valence-electron chi connectivity index (χ1n) is 6.63. The molecule has 118 valence electrons. The minimum absolute atomic E-state index is 0.0771. The second-order valence-electron chi connectivity index (χ2n) is 4.41. The minimum atomic E-state index is -1.01. The van der Waals surface area contributed by atoms with Crippen LogP contribution in [0.25, 0.3) is 0 Å². The van der Waals surface area contributed by atoms with E-state index in [0.717, 1.165) is 0 Å². The Balaban J connectivity index is 1.89. The van der Waals surface area contributed by atoms with Crippen LogP contribution in [0.4, 0.5) is 10.1 Å². The van der Waals surface area contributed by atoms with Crippen molar-refractivity contribution in [1.82, 2.24) is 5.43 Å². The molecule has 2 aromatic rings. The van der Waals surface area contributed by atoms with E-state index < -0.39 is 17.6 Å². The molecule has 0 aromatic heterocycles. The van der Waals surface area contributed by atoms with Crippen LogP contribution in [-0.4, -0.2) is 25.1 Å². The summed E-state index contributed by atoms with van der Waals surface area (Å²) in [4.78, 5) is 23.2. The van der Waals surface area contributed by atoms with Gasteiger partial charge in [0.25, 0.3) is 0 Å². The lowest BCUT2D eigenvalue weighted by Gasteiger charge is -2.04. The maximum atomic E-state index is 13.4. The Morgan fingerprint density at radius 3 is 2.43 bits per heavy atom. The second-order valence-corrected chi connectivity index (χ2v) is 4.41. The zero-order valence-corrected chi connectivity index (χ0v) is 12.2. The number of rotatable bonds is 4. The summed E-state index contributed by atoms with van der Waals surface area (Å²) in [5, 5.41) is 5.82. The Labute approximate surface area is 132 Å². The average molecular weight is 315 g/mol. The Morgan fingerprint density at radius 1 is 1.09 bits per heavy atom. The number of ether oxygens (including phenoxy) is 1. The lowest BCUT2D eigenvalue weighted by Crippen LogP contribution is -2.32. The van der Waals surface area contributed by atoms with Gasteiger partial charge in [-0.3, -0.25) is 9.59 Å². The van der Waals surface area contributed by atoms with Gasteiger partial charge in [0, 0.05) is 0 Å². The highest BCUT2D eigenvalue weighted by Crippen LogP contribution is 2.12. The summed E-state index contributed by atoms with van der Waals surface area (Å²) in [6, 6.07) is 12.5. The zero-order valence-electron chi connectivity index (χ0n) is 12.2. The third kappa shape index (κ3) is 4.63. The van der Waals surface area contributed by atoms with Gasteiger partial charge < -0.3 is 10.1 Å². The highest BCUT2D eigenvalue weighted by molar-refractivity contribution is 6.39. The zero-order chi connectivity index (χ0) is 16.7. The molecule has 0 heterocycles. The van der Waals surface area contributed by atoms with Gasteiger partial charge in [-0.05, 0) is 42.0 Å². The first kappa shape index (κ1) is 16.2. The van der Waals surface area contributed by atoms with Crippen LogP contribution >= 0.6 is 0 Å². The Kier molecular flexibility index (Phi) is 5.40. The minimum Gasteiger partial charge on any atom is -0.497 e. The topological polar surface area (TPSA) is 79.8 Å². The first-order valence-corrected chi connectivity index (χ1v) is 6.63. The molecule has 6 nitrogen and oxygen atoms in total. The van der Waals surface area contributed by atoms with Gasteiger partial charge in [0.15, 0.2) is 0 Å². The summed E-state index contributed by atoms with van der Waals surface area (Å²) in [6.07, 6.45) is 1.37. The number of halogens is 1. The number of para-hydroxylation sites is 1. The number of anilines is 1. The molecule has 0 atom stereocenters. The summed E-state index contributed by atoms with van der Waals surface area (Å²) in [6.45, 7) is 0. The van der Waals surface area contributed by atoms with Crippen LogP contribution in [0.15, 0.2) is 53.6 Å². The van der Waals surface area contributed by atoms with E-state index in [0.29, 0.717) is 11.3 Å². The molecule has 0 fully saturated rings. The number of nitrogens with zero attached hydrogens (tertiary/aromatic N) is 1. The van der Waals surface area contributed by atoms with E-state index in [2.05, 4.69) is 15.8 Å². The van der Waals surface area contributed by atoms with Crippen molar-refractivity contribution in [1.29, 1.82) is 0 Å². The SMILES string of the molecule is COc1ccc(C=NNC(=O)C(=O)Nc2ccccc2F)cc1. The van der Waals surface area contributed by atoms with Crippen molar-refractivity contribution >= 4 is 23.7 Å². The van der Waals surface area contributed by atoms with Gasteiger partial charge in [0.05, 0.1) is 19.0 Å². The van der Waals surface area contributed by atoms with Gasteiger partial charge in [-0.15, -0.1) is 0 Å². The normalized spacial score (nSPS) is 10.3. The standard InChI is InChI=1S/C16H14FN3O3/c1-23-12-8-6-11(7-9-12)10-18-20-16(22)15(21)19-14-5-3-2-4-13(14)17/h2-10H,1H3,(H,19,21)(H,20,22). The number of benzene rings is 2. The molecule has 0 saturated carbocycles. The number of carbonyl (C=O) groups is 2. The second kappa shape index (κ2) is 7.69. The predicted octanol–water partition coefficient (Wildman–Crippen LogP) is 1.92. The van der Waals surface area contributed by atoms with Gasteiger partial charge in [0.2, 0.25) is 0 Å². The van der Waals surface area contributed by atoms with Crippen molar-refractivity contribution < 1.29 is 18.7 Å². The highest BCUT2D eigenvalue weighted by Gasteiger charge is 2.14. The summed E-state index contributed by atoms with van der Waals surface area (Å²) >= 11 is 0. The fraction of sp³-hybridized carbons (Fsp3) is 0.0625. The lowest BCUT2D eigenvalue weighted by atomic mass is 10.2. The molecule has 0 radical (unpaired) electrons. The highest BCUT2D eigenvalue weighted by atomic mass is 19.1. The van der Waals surface area contributed by atoms with Gasteiger partial charge in [-0.1, -0.05) is 12.1 Å². The van der Waals surface area contributed by atoms with E-state index in [1.807, 2.05) is 0 Å². The quantitative estimate of drug-likeness (QED) is 0.514. The van der Waals surface area contributed by atoms with Crippen molar-refractivity contribution in [2.45, 2.75) is 0 Å². The van der Waals surface area contributed by atoms with E-state index in [1.54, 1.807) is 37.4 Å². The molecule has 0 saturated heterocycles. The van der Waals surface area contributed by atoms with Crippen LogP contribution in [0.5, 0.6) is 5.75 Å². The summed E-state index contributed by atoms with van der Waals surface area (Å²) in [5.74, 6) is -1.95. The van der Waals surface area contributed by atoms with Gasteiger partial charge >= 0.3 is 11.8 Å². The fourth-order valence-corrected chi connectivity index (χ4v) is 1.65. The maximum absolute atomic E-state index is 13.4. The maximum Gasteiger partial charge on any atom is 0.329 e. The van der Waals surface area contributed by atoms with Crippen molar-refractivity contribution in [2.24, 2.45) is 5.10 Å². The van der Waals surface area contributed by atoms with Crippen LogP contribution < -0.4 is 15.5 Å². The molecule has 23 heavy (non-hydrogen) atoms. The molecule has 7 heteroatoms. The number of methoxy groups -OCH3 is 1. The lowest BCUT2D eigenvalue weighted by molar-refractivity contribution is -0.136. The summed E-state index contributed by atoms with van der Waals surface area (Å²) < 4.78 is 18.4. The predicted molar refractivity (Wildman–Crippen MR) is 83.8 cm³/mol. The molecule has 2 N–H and O–H groups in total. The van der Waals surface area contributed by atoms with E-state index in [9.17, 15) is 14.0 Å². The molecule has 0 spiro atoms. The van der Waals surface area contributed by atoms with Crippen LogP contribution in [-0.2, 0) is 9.59 Å². The number of hydrogen-bond acceptors (Lipinski definition) is 4. The third-order valence-electron chi connectivity index (χ3n) is 2.82. The van der Waals surface area contributed by atoms with E-state index in [4.69, 9.17) is 4.74 Å². The van der Waals surface area contributed by atoms with Crippen LogP contribution in [0.1, 0.15) is 5.56 Å². The molecule has 2 rings (SSSR count). The van der Waals surface area contributed by atoms with Crippen LogP contribution in [0, 0.1) is 5.82 Å². The number of nitrogens with one attached hydrogen (secondary N) is 2. The molecule has 2 amide bonds. The smallest absolute Gasteiger partial charge is 0.329 e. The summed E-state index contributed by atoms with van der Waals surface area (Å²) in [5.41, 5.74) is 2.70. The molecule has 2 aromatic carbocycles. The Bertz CT molecular complexity index is 730. The molecular formula is C16H14FN3O3. The van der Waals surface area contributed by atoms with Crippen molar-refractivity contribution in [3.8, 4) is 5.75 Å². The average Bonchev–Trinajstić information content (AvgIpc) is 2.57.